The minimum atomic E-state index is 0.753. The maximum absolute atomic E-state index is 3.65. The van der Waals surface area contributed by atoms with E-state index in [2.05, 4.69) is 24.1 Å². The van der Waals surface area contributed by atoms with Crippen LogP contribution in [0.25, 0.3) is 0 Å². The molecule has 1 aliphatic heterocycles. The van der Waals surface area contributed by atoms with Gasteiger partial charge in [-0.2, -0.15) is 0 Å². The highest BCUT2D eigenvalue weighted by Crippen LogP contribution is 2.29. The Bertz CT molecular complexity index is 199. The Kier molecular flexibility index (Phi) is 4.66. The maximum atomic E-state index is 3.65. The Morgan fingerprint density at radius 1 is 1.12 bits per heavy atom. The first-order valence-electron chi connectivity index (χ1n) is 7.27. The highest BCUT2D eigenvalue weighted by molar-refractivity contribution is 4.85. The zero-order chi connectivity index (χ0) is 11.4. The molecule has 2 nitrogen and oxygen atoms in total. The van der Waals surface area contributed by atoms with Gasteiger partial charge in [-0.25, -0.2) is 0 Å². The third-order valence-corrected chi connectivity index (χ3v) is 4.42. The standard InChI is InChI=1S/C14H28N2/c1-3-12-8-14(15-4-2)11-16(9-12)10-13-6-5-7-13/h12-15H,3-11H2,1-2H3. The van der Waals surface area contributed by atoms with Crippen molar-refractivity contribution in [2.24, 2.45) is 11.8 Å². The number of nitrogens with one attached hydrogen (secondary N) is 1. The molecule has 2 unspecified atom stereocenters. The van der Waals surface area contributed by atoms with Crippen molar-refractivity contribution >= 4 is 0 Å². The molecular weight excluding hydrogens is 196 g/mol. The summed E-state index contributed by atoms with van der Waals surface area (Å²) >= 11 is 0. The van der Waals surface area contributed by atoms with Gasteiger partial charge < -0.3 is 10.2 Å². The highest BCUT2D eigenvalue weighted by atomic mass is 15.2. The van der Waals surface area contributed by atoms with Crippen LogP contribution in [0.5, 0.6) is 0 Å². The van der Waals surface area contributed by atoms with Crippen molar-refractivity contribution in [1.82, 2.24) is 10.2 Å². The summed E-state index contributed by atoms with van der Waals surface area (Å²) in [5.74, 6) is 1.95. The second-order valence-corrected chi connectivity index (χ2v) is 5.78. The van der Waals surface area contributed by atoms with Crippen LogP contribution < -0.4 is 5.32 Å². The molecule has 94 valence electrons. The topological polar surface area (TPSA) is 15.3 Å². The number of hydrogen-bond donors (Lipinski definition) is 1. The fourth-order valence-electron chi connectivity index (χ4n) is 3.22. The Hall–Kier alpha value is -0.0800. The predicted octanol–water partition coefficient (Wildman–Crippen LogP) is 2.50. The molecule has 2 atom stereocenters. The molecule has 2 fully saturated rings. The summed E-state index contributed by atoms with van der Waals surface area (Å²) in [6, 6.07) is 0.753. The molecule has 2 heteroatoms. The molecule has 0 radical (unpaired) electrons. The summed E-state index contributed by atoms with van der Waals surface area (Å²) in [7, 11) is 0. The van der Waals surface area contributed by atoms with E-state index in [-0.39, 0.29) is 0 Å². The van der Waals surface area contributed by atoms with E-state index in [1.54, 1.807) is 0 Å². The summed E-state index contributed by atoms with van der Waals surface area (Å²) < 4.78 is 0. The van der Waals surface area contributed by atoms with Gasteiger partial charge in [0.1, 0.15) is 0 Å². The third kappa shape index (κ3) is 3.21. The first kappa shape index (κ1) is 12.4. The molecule has 0 spiro atoms. The molecule has 2 rings (SSSR count). The lowest BCUT2D eigenvalue weighted by molar-refractivity contribution is 0.101. The highest BCUT2D eigenvalue weighted by Gasteiger charge is 2.28. The van der Waals surface area contributed by atoms with Gasteiger partial charge in [0.25, 0.3) is 0 Å². The number of nitrogens with zero attached hydrogens (tertiary/aromatic N) is 1. The average molecular weight is 224 g/mol. The van der Waals surface area contributed by atoms with E-state index in [0.29, 0.717) is 0 Å². The van der Waals surface area contributed by atoms with Crippen LogP contribution in [0.3, 0.4) is 0 Å². The Morgan fingerprint density at radius 2 is 1.94 bits per heavy atom. The summed E-state index contributed by atoms with van der Waals surface area (Å²) in [5, 5.41) is 3.65. The number of likely N-dealkylation sites (tertiary alicyclic amines) is 1. The van der Waals surface area contributed by atoms with Crippen molar-refractivity contribution in [3.8, 4) is 0 Å². The molecule has 1 N–H and O–H groups in total. The lowest BCUT2D eigenvalue weighted by Gasteiger charge is -2.41. The van der Waals surface area contributed by atoms with Crippen LogP contribution in [0.4, 0.5) is 0 Å². The van der Waals surface area contributed by atoms with E-state index in [1.165, 1.54) is 51.7 Å². The van der Waals surface area contributed by atoms with E-state index in [1.807, 2.05) is 0 Å². The quantitative estimate of drug-likeness (QED) is 0.772. The first-order valence-corrected chi connectivity index (χ1v) is 7.27. The van der Waals surface area contributed by atoms with Gasteiger partial charge in [0.05, 0.1) is 0 Å². The van der Waals surface area contributed by atoms with E-state index < -0.39 is 0 Å². The number of likely N-dealkylation sites (N-methyl/N-ethyl adjacent to an activating group) is 1. The van der Waals surface area contributed by atoms with Gasteiger partial charge in [0, 0.05) is 25.7 Å². The Balaban J connectivity index is 1.80. The van der Waals surface area contributed by atoms with Crippen LogP contribution in [0.2, 0.25) is 0 Å². The SMILES string of the molecule is CCNC1CC(CC)CN(CC2CCC2)C1. The lowest BCUT2D eigenvalue weighted by atomic mass is 9.83. The van der Waals surface area contributed by atoms with Crippen molar-refractivity contribution in [2.45, 2.75) is 52.0 Å². The predicted molar refractivity (Wildman–Crippen MR) is 69.6 cm³/mol. The maximum Gasteiger partial charge on any atom is 0.0198 e. The van der Waals surface area contributed by atoms with Gasteiger partial charge in [-0.05, 0) is 37.6 Å². The largest absolute Gasteiger partial charge is 0.313 e. The number of hydrogen-bond acceptors (Lipinski definition) is 2. The molecule has 2 aliphatic rings. The van der Waals surface area contributed by atoms with E-state index in [4.69, 9.17) is 0 Å². The smallest absolute Gasteiger partial charge is 0.0198 e. The molecule has 1 heterocycles. The van der Waals surface area contributed by atoms with Gasteiger partial charge >= 0.3 is 0 Å². The van der Waals surface area contributed by atoms with Crippen LogP contribution in [-0.2, 0) is 0 Å². The second-order valence-electron chi connectivity index (χ2n) is 5.78. The van der Waals surface area contributed by atoms with E-state index >= 15 is 0 Å². The van der Waals surface area contributed by atoms with Crippen LogP contribution in [0.1, 0.15) is 46.0 Å². The van der Waals surface area contributed by atoms with Crippen LogP contribution in [0.15, 0.2) is 0 Å². The zero-order valence-corrected chi connectivity index (χ0v) is 11.0. The van der Waals surface area contributed by atoms with Crippen LogP contribution in [-0.4, -0.2) is 37.1 Å². The fourth-order valence-corrected chi connectivity index (χ4v) is 3.22. The van der Waals surface area contributed by atoms with Gasteiger partial charge in [0.15, 0.2) is 0 Å². The van der Waals surface area contributed by atoms with E-state index in [0.717, 1.165) is 24.4 Å². The first-order chi connectivity index (χ1) is 7.81. The summed E-state index contributed by atoms with van der Waals surface area (Å²) in [6.45, 7) is 9.72. The van der Waals surface area contributed by atoms with Crippen molar-refractivity contribution in [1.29, 1.82) is 0 Å². The molecule has 0 amide bonds. The molecule has 1 aliphatic carbocycles. The molecule has 0 bridgehead atoms. The molecule has 0 aromatic rings. The van der Waals surface area contributed by atoms with Gasteiger partial charge in [-0.1, -0.05) is 26.7 Å². The molecular formula is C14H28N2. The third-order valence-electron chi connectivity index (χ3n) is 4.42. The molecule has 1 saturated carbocycles. The molecule has 1 saturated heterocycles. The fraction of sp³-hybridized carbons (Fsp3) is 1.00. The van der Waals surface area contributed by atoms with E-state index in [9.17, 15) is 0 Å². The zero-order valence-electron chi connectivity index (χ0n) is 11.0. The second kappa shape index (κ2) is 6.02. The van der Waals surface area contributed by atoms with Crippen molar-refractivity contribution in [2.75, 3.05) is 26.2 Å². The minimum absolute atomic E-state index is 0.753. The summed E-state index contributed by atoms with van der Waals surface area (Å²) in [6.07, 6.45) is 7.19. The molecule has 0 aromatic carbocycles. The van der Waals surface area contributed by atoms with Crippen molar-refractivity contribution < 1.29 is 0 Å². The van der Waals surface area contributed by atoms with Gasteiger partial charge in [-0.3, -0.25) is 0 Å². The number of piperidine rings is 1. The number of rotatable bonds is 5. The summed E-state index contributed by atoms with van der Waals surface area (Å²) in [4.78, 5) is 2.73. The average Bonchev–Trinajstić information content (AvgIpc) is 2.24. The minimum Gasteiger partial charge on any atom is -0.313 e. The van der Waals surface area contributed by atoms with Gasteiger partial charge in [-0.15, -0.1) is 0 Å². The lowest BCUT2D eigenvalue weighted by Crippen LogP contribution is -2.50. The normalized spacial score (nSPS) is 32.6. The van der Waals surface area contributed by atoms with Crippen LogP contribution >= 0.6 is 0 Å². The Labute approximate surface area is 101 Å². The van der Waals surface area contributed by atoms with Crippen LogP contribution in [0, 0.1) is 11.8 Å². The molecule has 0 aromatic heterocycles. The molecule has 16 heavy (non-hydrogen) atoms. The van der Waals surface area contributed by atoms with Crippen molar-refractivity contribution in [3.63, 3.8) is 0 Å². The Morgan fingerprint density at radius 3 is 2.50 bits per heavy atom. The van der Waals surface area contributed by atoms with Gasteiger partial charge in [0.2, 0.25) is 0 Å². The monoisotopic (exact) mass is 224 g/mol. The van der Waals surface area contributed by atoms with Crippen molar-refractivity contribution in [3.05, 3.63) is 0 Å². The summed E-state index contributed by atoms with van der Waals surface area (Å²) in [5.41, 5.74) is 0.